The maximum Gasteiger partial charge on any atom is 0.164 e. The summed E-state index contributed by atoms with van der Waals surface area (Å²) in [4.78, 5) is 13.2. The summed E-state index contributed by atoms with van der Waals surface area (Å²) >= 11 is 3.48. The molecule has 0 fully saturated rings. The molecular weight excluding hydrogens is 304 g/mol. The fraction of sp³-hybridized carbons (Fsp3) is 0.214. The van der Waals surface area contributed by atoms with E-state index >= 15 is 0 Å². The molecule has 3 aromatic rings. The Balaban J connectivity index is 2.25. The largest absolute Gasteiger partial charge is 0.313 e. The number of fused-ring (bicyclic) bond motifs is 1. The second kappa shape index (κ2) is 4.74. The van der Waals surface area contributed by atoms with Gasteiger partial charge in [-0.05, 0) is 26.0 Å². The van der Waals surface area contributed by atoms with Crippen molar-refractivity contribution in [3.63, 3.8) is 0 Å². The van der Waals surface area contributed by atoms with E-state index in [1.54, 1.807) is 6.33 Å². The highest BCUT2D eigenvalue weighted by Crippen LogP contribution is 2.27. The van der Waals surface area contributed by atoms with E-state index in [-0.39, 0.29) is 0 Å². The topological polar surface area (TPSA) is 43.6 Å². The summed E-state index contributed by atoms with van der Waals surface area (Å²) in [5, 5.41) is 0. The minimum atomic E-state index is 0.329. The van der Waals surface area contributed by atoms with Gasteiger partial charge in [0.1, 0.15) is 17.5 Å². The van der Waals surface area contributed by atoms with Gasteiger partial charge in [-0.15, -0.1) is 0 Å². The average Bonchev–Trinajstić information content (AvgIpc) is 2.82. The van der Waals surface area contributed by atoms with Crippen molar-refractivity contribution in [1.29, 1.82) is 0 Å². The summed E-state index contributed by atoms with van der Waals surface area (Å²) in [7, 11) is 0. The van der Waals surface area contributed by atoms with Crippen LogP contribution in [-0.4, -0.2) is 19.5 Å². The summed E-state index contributed by atoms with van der Waals surface area (Å²) in [6.45, 7) is 4.23. The standard InChI is InChI=1S/C14H13BrN4/c1-9(2)19-8-18-13-12(16-7-17-14(13)19)10-4-3-5-11(15)6-10/h3-9H,1-2H3. The van der Waals surface area contributed by atoms with Gasteiger partial charge in [0.15, 0.2) is 5.65 Å². The molecule has 0 aliphatic heterocycles. The van der Waals surface area contributed by atoms with Gasteiger partial charge in [0, 0.05) is 16.1 Å². The predicted molar refractivity (Wildman–Crippen MR) is 78.8 cm³/mol. The van der Waals surface area contributed by atoms with Crippen molar-refractivity contribution in [2.45, 2.75) is 19.9 Å². The Labute approximate surface area is 119 Å². The molecule has 0 atom stereocenters. The summed E-state index contributed by atoms with van der Waals surface area (Å²) in [5.41, 5.74) is 3.62. The van der Waals surface area contributed by atoms with Crippen LogP contribution in [0.5, 0.6) is 0 Å². The van der Waals surface area contributed by atoms with E-state index in [1.165, 1.54) is 0 Å². The first-order chi connectivity index (χ1) is 9.16. The molecule has 2 heterocycles. The van der Waals surface area contributed by atoms with Gasteiger partial charge >= 0.3 is 0 Å². The van der Waals surface area contributed by atoms with Crippen LogP contribution >= 0.6 is 15.9 Å². The number of aromatic nitrogens is 4. The van der Waals surface area contributed by atoms with Gasteiger partial charge in [0.2, 0.25) is 0 Å². The van der Waals surface area contributed by atoms with Gasteiger partial charge in [-0.3, -0.25) is 0 Å². The van der Waals surface area contributed by atoms with Crippen LogP contribution in [-0.2, 0) is 0 Å². The molecule has 0 unspecified atom stereocenters. The van der Waals surface area contributed by atoms with Gasteiger partial charge in [0.05, 0.1) is 6.33 Å². The van der Waals surface area contributed by atoms with E-state index < -0.39 is 0 Å². The molecule has 1 aromatic carbocycles. The Bertz CT molecular complexity index is 733. The lowest BCUT2D eigenvalue weighted by molar-refractivity contribution is 0.612. The smallest absolute Gasteiger partial charge is 0.164 e. The molecule has 0 saturated heterocycles. The fourth-order valence-electron chi connectivity index (χ4n) is 2.08. The van der Waals surface area contributed by atoms with E-state index in [9.17, 15) is 0 Å². The van der Waals surface area contributed by atoms with Crippen molar-refractivity contribution >= 4 is 27.1 Å². The summed E-state index contributed by atoms with van der Waals surface area (Å²) in [6.07, 6.45) is 3.42. The van der Waals surface area contributed by atoms with E-state index in [2.05, 4.69) is 49.3 Å². The number of benzene rings is 1. The number of nitrogens with zero attached hydrogens (tertiary/aromatic N) is 4. The molecule has 19 heavy (non-hydrogen) atoms. The maximum atomic E-state index is 4.47. The van der Waals surface area contributed by atoms with Gasteiger partial charge in [0.25, 0.3) is 0 Å². The van der Waals surface area contributed by atoms with Crippen molar-refractivity contribution in [3.8, 4) is 11.3 Å². The zero-order valence-corrected chi connectivity index (χ0v) is 12.3. The van der Waals surface area contributed by atoms with E-state index in [4.69, 9.17) is 0 Å². The first kappa shape index (κ1) is 12.3. The van der Waals surface area contributed by atoms with Gasteiger partial charge < -0.3 is 4.57 Å². The Morgan fingerprint density at radius 1 is 1.16 bits per heavy atom. The molecule has 5 heteroatoms. The fourth-order valence-corrected chi connectivity index (χ4v) is 2.48. The number of imidazole rings is 1. The van der Waals surface area contributed by atoms with Crippen LogP contribution in [0.15, 0.2) is 41.4 Å². The van der Waals surface area contributed by atoms with Gasteiger partial charge in [-0.25, -0.2) is 15.0 Å². The van der Waals surface area contributed by atoms with Crippen LogP contribution in [0, 0.1) is 0 Å². The molecule has 2 aromatic heterocycles. The van der Waals surface area contributed by atoms with E-state index in [1.807, 2.05) is 30.6 Å². The van der Waals surface area contributed by atoms with Crippen molar-refractivity contribution in [2.75, 3.05) is 0 Å². The number of halogens is 1. The highest BCUT2D eigenvalue weighted by atomic mass is 79.9. The highest BCUT2D eigenvalue weighted by Gasteiger charge is 2.13. The SMILES string of the molecule is CC(C)n1cnc2c(-c3cccc(Br)c3)ncnc21. The monoisotopic (exact) mass is 316 g/mol. The lowest BCUT2D eigenvalue weighted by Crippen LogP contribution is -2.00. The maximum absolute atomic E-state index is 4.47. The third kappa shape index (κ3) is 2.14. The Morgan fingerprint density at radius 3 is 2.74 bits per heavy atom. The molecular formula is C14H13BrN4. The number of hydrogen-bond acceptors (Lipinski definition) is 3. The van der Waals surface area contributed by atoms with Crippen LogP contribution in [0.4, 0.5) is 0 Å². The lowest BCUT2D eigenvalue weighted by atomic mass is 10.1. The van der Waals surface area contributed by atoms with Crippen LogP contribution in [0.25, 0.3) is 22.4 Å². The van der Waals surface area contributed by atoms with Crippen molar-refractivity contribution in [3.05, 3.63) is 41.4 Å². The Hall–Kier alpha value is -1.75. The number of hydrogen-bond donors (Lipinski definition) is 0. The first-order valence-electron chi connectivity index (χ1n) is 6.10. The normalized spacial score (nSPS) is 11.4. The molecule has 4 nitrogen and oxygen atoms in total. The molecule has 0 spiro atoms. The van der Waals surface area contributed by atoms with Crippen LogP contribution in [0.2, 0.25) is 0 Å². The Kier molecular flexibility index (Phi) is 3.06. The molecule has 0 N–H and O–H groups in total. The molecule has 0 radical (unpaired) electrons. The van der Waals surface area contributed by atoms with Crippen molar-refractivity contribution < 1.29 is 0 Å². The minimum absolute atomic E-state index is 0.329. The summed E-state index contributed by atoms with van der Waals surface area (Å²) in [5.74, 6) is 0. The van der Waals surface area contributed by atoms with E-state index in [0.29, 0.717) is 6.04 Å². The van der Waals surface area contributed by atoms with Crippen LogP contribution in [0.3, 0.4) is 0 Å². The zero-order valence-electron chi connectivity index (χ0n) is 10.7. The molecule has 0 amide bonds. The molecule has 0 saturated carbocycles. The van der Waals surface area contributed by atoms with Gasteiger partial charge in [-0.1, -0.05) is 28.1 Å². The third-order valence-electron chi connectivity index (χ3n) is 3.01. The molecule has 0 aliphatic carbocycles. The molecule has 3 rings (SSSR count). The summed E-state index contributed by atoms with van der Waals surface area (Å²) in [6, 6.07) is 8.38. The predicted octanol–water partition coefficient (Wildman–Crippen LogP) is 3.84. The number of rotatable bonds is 2. The van der Waals surface area contributed by atoms with E-state index in [0.717, 1.165) is 26.9 Å². The highest BCUT2D eigenvalue weighted by molar-refractivity contribution is 9.10. The first-order valence-corrected chi connectivity index (χ1v) is 6.89. The minimum Gasteiger partial charge on any atom is -0.313 e. The Morgan fingerprint density at radius 2 is 2.00 bits per heavy atom. The van der Waals surface area contributed by atoms with Gasteiger partial charge in [-0.2, -0.15) is 0 Å². The van der Waals surface area contributed by atoms with Crippen molar-refractivity contribution in [2.24, 2.45) is 0 Å². The zero-order chi connectivity index (χ0) is 13.4. The molecule has 0 aliphatic rings. The second-order valence-electron chi connectivity index (χ2n) is 4.65. The lowest BCUT2D eigenvalue weighted by Gasteiger charge is -2.07. The van der Waals surface area contributed by atoms with Crippen molar-refractivity contribution in [1.82, 2.24) is 19.5 Å². The molecule has 96 valence electrons. The second-order valence-corrected chi connectivity index (χ2v) is 5.57. The van der Waals surface area contributed by atoms with Crippen LogP contribution < -0.4 is 0 Å². The average molecular weight is 317 g/mol. The molecule has 0 bridgehead atoms. The quantitative estimate of drug-likeness (QED) is 0.721. The van der Waals surface area contributed by atoms with Crippen LogP contribution in [0.1, 0.15) is 19.9 Å². The third-order valence-corrected chi connectivity index (χ3v) is 3.51. The summed E-state index contributed by atoms with van der Waals surface area (Å²) < 4.78 is 3.08.